The van der Waals surface area contributed by atoms with Crippen molar-refractivity contribution in [2.24, 2.45) is 0 Å². The molecule has 0 saturated carbocycles. The summed E-state index contributed by atoms with van der Waals surface area (Å²) in [6.07, 6.45) is 0. The molecule has 1 fully saturated rings. The molecule has 0 aromatic heterocycles. The summed E-state index contributed by atoms with van der Waals surface area (Å²) in [7, 11) is 0. The molecule has 1 aromatic carbocycles. The molecule has 0 unspecified atom stereocenters. The lowest BCUT2D eigenvalue weighted by Crippen LogP contribution is -2.44. The van der Waals surface area contributed by atoms with Crippen LogP contribution in [0.25, 0.3) is 0 Å². The summed E-state index contributed by atoms with van der Waals surface area (Å²) < 4.78 is 12.8. The van der Waals surface area contributed by atoms with Gasteiger partial charge >= 0.3 is 0 Å². The molecule has 0 radical (unpaired) electrons. The van der Waals surface area contributed by atoms with E-state index in [1.54, 1.807) is 0 Å². The molecule has 2 nitrogen and oxygen atoms in total. The fraction of sp³-hybridized carbons (Fsp3) is 0.500. The summed E-state index contributed by atoms with van der Waals surface area (Å²) in [6.45, 7) is 6.41. The summed E-state index contributed by atoms with van der Waals surface area (Å²) in [5.41, 5.74) is 1.19. The van der Waals surface area contributed by atoms with Crippen molar-refractivity contribution in [3.8, 4) is 0 Å². The second-order valence-electron chi connectivity index (χ2n) is 4.01. The molecule has 1 N–H and O–H groups in total. The predicted molar refractivity (Wildman–Crippen MR) is 59.3 cm³/mol. The highest BCUT2D eigenvalue weighted by molar-refractivity contribution is 5.19. The van der Waals surface area contributed by atoms with Crippen LogP contribution < -0.4 is 5.32 Å². The van der Waals surface area contributed by atoms with Gasteiger partial charge in [-0.15, -0.1) is 0 Å². The Morgan fingerprint density at radius 1 is 1.20 bits per heavy atom. The van der Waals surface area contributed by atoms with E-state index in [4.69, 9.17) is 0 Å². The van der Waals surface area contributed by atoms with Crippen molar-refractivity contribution in [2.45, 2.75) is 13.0 Å². The highest BCUT2D eigenvalue weighted by Gasteiger charge is 2.17. The number of hydrogen-bond donors (Lipinski definition) is 1. The van der Waals surface area contributed by atoms with Crippen LogP contribution in [0.5, 0.6) is 0 Å². The maximum Gasteiger partial charge on any atom is 0.123 e. The molecule has 0 amide bonds. The summed E-state index contributed by atoms with van der Waals surface area (Å²) >= 11 is 0. The van der Waals surface area contributed by atoms with Crippen molar-refractivity contribution in [1.82, 2.24) is 10.2 Å². The van der Waals surface area contributed by atoms with Gasteiger partial charge in [0.15, 0.2) is 0 Å². The molecule has 82 valence electrons. The second-order valence-corrected chi connectivity index (χ2v) is 4.01. The zero-order valence-corrected chi connectivity index (χ0v) is 9.04. The topological polar surface area (TPSA) is 15.3 Å². The van der Waals surface area contributed by atoms with Crippen LogP contribution in [0.2, 0.25) is 0 Å². The van der Waals surface area contributed by atoms with E-state index in [1.165, 1.54) is 17.7 Å². The predicted octanol–water partition coefficient (Wildman–Crippen LogP) is 1.79. The van der Waals surface area contributed by atoms with Crippen molar-refractivity contribution in [2.75, 3.05) is 26.2 Å². The minimum absolute atomic E-state index is 0.161. The average Bonchev–Trinajstić information content (AvgIpc) is 2.30. The molecule has 3 heteroatoms. The van der Waals surface area contributed by atoms with Crippen molar-refractivity contribution in [3.63, 3.8) is 0 Å². The van der Waals surface area contributed by atoms with Crippen LogP contribution in [0.4, 0.5) is 4.39 Å². The van der Waals surface area contributed by atoms with E-state index in [9.17, 15) is 4.39 Å². The minimum Gasteiger partial charge on any atom is -0.314 e. The Kier molecular flexibility index (Phi) is 3.34. The van der Waals surface area contributed by atoms with Gasteiger partial charge in [-0.3, -0.25) is 4.90 Å². The first-order valence-electron chi connectivity index (χ1n) is 5.47. The van der Waals surface area contributed by atoms with E-state index in [2.05, 4.69) is 17.1 Å². The quantitative estimate of drug-likeness (QED) is 0.797. The van der Waals surface area contributed by atoms with Crippen molar-refractivity contribution < 1.29 is 4.39 Å². The zero-order valence-electron chi connectivity index (χ0n) is 9.04. The van der Waals surface area contributed by atoms with Crippen LogP contribution in [0.1, 0.15) is 18.5 Å². The maximum atomic E-state index is 12.8. The standard InChI is InChI=1S/C12H17FN2/c1-10(15-8-6-14-7-9-15)11-2-4-12(13)5-3-11/h2-5,10,14H,6-9H2,1H3/t10-/m1/s1. The van der Waals surface area contributed by atoms with Crippen molar-refractivity contribution in [1.29, 1.82) is 0 Å². The van der Waals surface area contributed by atoms with Gasteiger partial charge in [-0.2, -0.15) is 0 Å². The molecule has 1 atom stereocenters. The number of halogens is 1. The first kappa shape index (κ1) is 10.6. The molecule has 1 aromatic rings. The SMILES string of the molecule is C[C@H](c1ccc(F)cc1)N1CCNCC1. The van der Waals surface area contributed by atoms with E-state index >= 15 is 0 Å². The first-order chi connectivity index (χ1) is 7.27. The van der Waals surface area contributed by atoms with E-state index in [0.29, 0.717) is 6.04 Å². The van der Waals surface area contributed by atoms with E-state index in [1.807, 2.05) is 12.1 Å². The summed E-state index contributed by atoms with van der Waals surface area (Å²) in [4.78, 5) is 2.42. The molecule has 1 heterocycles. The van der Waals surface area contributed by atoms with Crippen LogP contribution in [-0.4, -0.2) is 31.1 Å². The molecule has 1 saturated heterocycles. The molecule has 1 aliphatic rings. The van der Waals surface area contributed by atoms with Gasteiger partial charge in [-0.25, -0.2) is 4.39 Å². The minimum atomic E-state index is -0.161. The van der Waals surface area contributed by atoms with E-state index in [-0.39, 0.29) is 5.82 Å². The average molecular weight is 208 g/mol. The Balaban J connectivity index is 2.05. The van der Waals surface area contributed by atoms with Crippen molar-refractivity contribution >= 4 is 0 Å². The molecule has 0 bridgehead atoms. The van der Waals surface area contributed by atoms with Crippen molar-refractivity contribution in [3.05, 3.63) is 35.6 Å². The third-order valence-corrected chi connectivity index (χ3v) is 3.05. The molecule has 1 aliphatic heterocycles. The molecule has 15 heavy (non-hydrogen) atoms. The normalized spacial score (nSPS) is 20.1. The summed E-state index contributed by atoms with van der Waals surface area (Å²) in [6, 6.07) is 7.21. The summed E-state index contributed by atoms with van der Waals surface area (Å²) in [5, 5.41) is 3.33. The highest BCUT2D eigenvalue weighted by atomic mass is 19.1. The third-order valence-electron chi connectivity index (χ3n) is 3.05. The molecular formula is C12H17FN2. The highest BCUT2D eigenvalue weighted by Crippen LogP contribution is 2.20. The van der Waals surface area contributed by atoms with Gasteiger partial charge in [0.25, 0.3) is 0 Å². The van der Waals surface area contributed by atoms with Crippen LogP contribution in [-0.2, 0) is 0 Å². The lowest BCUT2D eigenvalue weighted by Gasteiger charge is -2.33. The number of hydrogen-bond acceptors (Lipinski definition) is 2. The zero-order chi connectivity index (χ0) is 10.7. The number of nitrogens with one attached hydrogen (secondary N) is 1. The van der Waals surface area contributed by atoms with Crippen LogP contribution in [0, 0.1) is 5.82 Å². The molecule has 0 spiro atoms. The number of rotatable bonds is 2. The number of piperazine rings is 1. The first-order valence-corrected chi connectivity index (χ1v) is 5.47. The monoisotopic (exact) mass is 208 g/mol. The van der Waals surface area contributed by atoms with E-state index in [0.717, 1.165) is 26.2 Å². The summed E-state index contributed by atoms with van der Waals surface area (Å²) in [5.74, 6) is -0.161. The number of nitrogens with zero attached hydrogens (tertiary/aromatic N) is 1. The Hall–Kier alpha value is -0.930. The molecule has 2 rings (SSSR count). The fourth-order valence-corrected chi connectivity index (χ4v) is 2.02. The van der Waals surface area contributed by atoms with Gasteiger partial charge in [0.1, 0.15) is 5.82 Å². The lowest BCUT2D eigenvalue weighted by molar-refractivity contribution is 0.185. The van der Waals surface area contributed by atoms with Gasteiger partial charge in [0.2, 0.25) is 0 Å². The Labute approximate surface area is 90.1 Å². The van der Waals surface area contributed by atoms with Gasteiger partial charge in [-0.05, 0) is 24.6 Å². The maximum absolute atomic E-state index is 12.8. The fourth-order valence-electron chi connectivity index (χ4n) is 2.02. The largest absolute Gasteiger partial charge is 0.314 e. The van der Waals surface area contributed by atoms with Gasteiger partial charge < -0.3 is 5.32 Å². The Morgan fingerprint density at radius 2 is 1.80 bits per heavy atom. The Morgan fingerprint density at radius 3 is 2.40 bits per heavy atom. The van der Waals surface area contributed by atoms with Crippen LogP contribution >= 0.6 is 0 Å². The molecular weight excluding hydrogens is 191 g/mol. The second kappa shape index (κ2) is 4.73. The van der Waals surface area contributed by atoms with E-state index < -0.39 is 0 Å². The van der Waals surface area contributed by atoms with Gasteiger partial charge in [0, 0.05) is 32.2 Å². The smallest absolute Gasteiger partial charge is 0.123 e. The lowest BCUT2D eigenvalue weighted by atomic mass is 10.1. The van der Waals surface area contributed by atoms with Crippen LogP contribution in [0.3, 0.4) is 0 Å². The Bertz CT molecular complexity index is 304. The van der Waals surface area contributed by atoms with Gasteiger partial charge in [-0.1, -0.05) is 12.1 Å². The van der Waals surface area contributed by atoms with Gasteiger partial charge in [0.05, 0.1) is 0 Å². The van der Waals surface area contributed by atoms with Crippen LogP contribution in [0.15, 0.2) is 24.3 Å². The number of benzene rings is 1. The third kappa shape index (κ3) is 2.55. The molecule has 0 aliphatic carbocycles.